The predicted molar refractivity (Wildman–Crippen MR) is 96.7 cm³/mol. The molecule has 1 aliphatic heterocycles. The van der Waals surface area contributed by atoms with Crippen LogP contribution in [0, 0.1) is 5.92 Å². The first kappa shape index (κ1) is 20.4. The van der Waals surface area contributed by atoms with Crippen molar-refractivity contribution < 1.29 is 27.5 Å². The zero-order valence-electron chi connectivity index (χ0n) is 15.5. The van der Waals surface area contributed by atoms with Gasteiger partial charge in [0.25, 0.3) is 0 Å². The van der Waals surface area contributed by atoms with E-state index in [0.29, 0.717) is 31.9 Å². The summed E-state index contributed by atoms with van der Waals surface area (Å²) in [6.45, 7) is 2.67. The molecule has 0 atom stereocenters. The van der Waals surface area contributed by atoms with Gasteiger partial charge in [0.2, 0.25) is 11.8 Å². The monoisotopic (exact) mass is 399 g/mol. The van der Waals surface area contributed by atoms with Crippen LogP contribution >= 0.6 is 0 Å². The van der Waals surface area contributed by atoms with Crippen LogP contribution in [0.3, 0.4) is 0 Å². The Bertz CT molecular complexity index is 680. The molecule has 1 saturated heterocycles. The lowest BCUT2D eigenvalue weighted by atomic mass is 10.1. The van der Waals surface area contributed by atoms with Gasteiger partial charge in [0.05, 0.1) is 6.54 Å². The number of anilines is 1. The standard InChI is InChI=1S/C19H24F3N3O3/c20-19(21,22)28-16-7-5-15(6-8-16)23-17(26)13-24-9-11-25(12-10-24)18(27)14-3-1-2-4-14/h5-8,14H,1-4,9-13H2,(H,23,26). The fraction of sp³-hybridized carbons (Fsp3) is 0.579. The molecule has 1 aromatic rings. The highest BCUT2D eigenvalue weighted by Crippen LogP contribution is 2.27. The number of hydrogen-bond acceptors (Lipinski definition) is 4. The number of carbonyl (C=O) groups excluding carboxylic acids is 2. The lowest BCUT2D eigenvalue weighted by Gasteiger charge is -2.35. The summed E-state index contributed by atoms with van der Waals surface area (Å²) in [5, 5.41) is 2.66. The van der Waals surface area contributed by atoms with Crippen molar-refractivity contribution in [3.05, 3.63) is 24.3 Å². The summed E-state index contributed by atoms with van der Waals surface area (Å²) in [4.78, 5) is 28.5. The van der Waals surface area contributed by atoms with Gasteiger partial charge in [-0.3, -0.25) is 14.5 Å². The van der Waals surface area contributed by atoms with Crippen LogP contribution in [0.5, 0.6) is 5.75 Å². The lowest BCUT2D eigenvalue weighted by molar-refractivity contribution is -0.274. The van der Waals surface area contributed by atoms with E-state index in [4.69, 9.17) is 0 Å². The van der Waals surface area contributed by atoms with Gasteiger partial charge in [0.15, 0.2) is 0 Å². The zero-order valence-corrected chi connectivity index (χ0v) is 15.5. The minimum Gasteiger partial charge on any atom is -0.406 e. The average Bonchev–Trinajstić information content (AvgIpc) is 3.17. The molecule has 28 heavy (non-hydrogen) atoms. The van der Waals surface area contributed by atoms with E-state index in [1.54, 1.807) is 0 Å². The second-order valence-corrected chi connectivity index (χ2v) is 7.20. The van der Waals surface area contributed by atoms with Gasteiger partial charge in [-0.25, -0.2) is 0 Å². The molecule has 1 aromatic carbocycles. The lowest BCUT2D eigenvalue weighted by Crippen LogP contribution is -2.51. The summed E-state index contributed by atoms with van der Waals surface area (Å²) >= 11 is 0. The quantitative estimate of drug-likeness (QED) is 0.827. The number of carbonyl (C=O) groups is 2. The normalized spacial score (nSPS) is 18.9. The summed E-state index contributed by atoms with van der Waals surface area (Å²) in [5.74, 6) is -0.185. The highest BCUT2D eigenvalue weighted by Gasteiger charge is 2.31. The number of amides is 2. The highest BCUT2D eigenvalue weighted by molar-refractivity contribution is 5.92. The van der Waals surface area contributed by atoms with Crippen LogP contribution in [0.4, 0.5) is 18.9 Å². The number of nitrogens with zero attached hydrogens (tertiary/aromatic N) is 2. The molecule has 154 valence electrons. The van der Waals surface area contributed by atoms with Gasteiger partial charge in [-0.05, 0) is 37.1 Å². The van der Waals surface area contributed by atoms with Gasteiger partial charge >= 0.3 is 6.36 Å². The van der Waals surface area contributed by atoms with Crippen molar-refractivity contribution in [2.24, 2.45) is 5.92 Å². The molecule has 1 aliphatic carbocycles. The molecule has 2 fully saturated rings. The second kappa shape index (κ2) is 8.81. The van der Waals surface area contributed by atoms with Gasteiger partial charge in [-0.2, -0.15) is 0 Å². The molecule has 2 amide bonds. The van der Waals surface area contributed by atoms with Crippen molar-refractivity contribution in [2.45, 2.75) is 32.0 Å². The SMILES string of the molecule is O=C(CN1CCN(C(=O)C2CCCC2)CC1)Nc1ccc(OC(F)(F)F)cc1. The Morgan fingerprint density at radius 1 is 1.04 bits per heavy atom. The molecule has 0 radical (unpaired) electrons. The average molecular weight is 399 g/mol. The molecule has 1 saturated carbocycles. The largest absolute Gasteiger partial charge is 0.573 e. The predicted octanol–water partition coefficient (Wildman–Crippen LogP) is 2.86. The maximum atomic E-state index is 12.4. The Kier molecular flexibility index (Phi) is 6.43. The van der Waals surface area contributed by atoms with E-state index in [-0.39, 0.29) is 30.0 Å². The number of hydrogen-bond donors (Lipinski definition) is 1. The molecule has 3 rings (SSSR count). The maximum absolute atomic E-state index is 12.4. The van der Waals surface area contributed by atoms with Gasteiger partial charge in [-0.15, -0.1) is 13.2 Å². The number of rotatable bonds is 5. The Morgan fingerprint density at radius 2 is 1.64 bits per heavy atom. The first-order valence-corrected chi connectivity index (χ1v) is 9.47. The molecule has 0 bridgehead atoms. The van der Waals surface area contributed by atoms with Crippen LogP contribution in [0.2, 0.25) is 0 Å². The third-order valence-electron chi connectivity index (χ3n) is 5.13. The summed E-state index contributed by atoms with van der Waals surface area (Å²) in [5.41, 5.74) is 0.398. The first-order chi connectivity index (χ1) is 13.3. The molecule has 0 aromatic heterocycles. The Morgan fingerprint density at radius 3 is 2.21 bits per heavy atom. The van der Waals surface area contributed by atoms with Gasteiger partial charge in [0, 0.05) is 37.8 Å². The van der Waals surface area contributed by atoms with Crippen LogP contribution in [-0.4, -0.2) is 60.7 Å². The molecule has 0 spiro atoms. The number of nitrogens with one attached hydrogen (secondary N) is 1. The smallest absolute Gasteiger partial charge is 0.406 e. The minimum atomic E-state index is -4.74. The summed E-state index contributed by atoms with van der Waals surface area (Å²) in [6, 6.07) is 5.02. The van der Waals surface area contributed by atoms with Crippen molar-refractivity contribution in [1.82, 2.24) is 9.80 Å². The second-order valence-electron chi connectivity index (χ2n) is 7.20. The van der Waals surface area contributed by atoms with Crippen molar-refractivity contribution in [3.63, 3.8) is 0 Å². The van der Waals surface area contributed by atoms with Crippen LogP contribution in [0.25, 0.3) is 0 Å². The molecule has 1 N–H and O–H groups in total. The van der Waals surface area contributed by atoms with Crippen molar-refractivity contribution >= 4 is 17.5 Å². The topological polar surface area (TPSA) is 61.9 Å². The van der Waals surface area contributed by atoms with E-state index in [9.17, 15) is 22.8 Å². The molecule has 2 aliphatic rings. The Balaban J connectivity index is 1.41. The molecule has 1 heterocycles. The Labute approximate surface area is 161 Å². The summed E-state index contributed by atoms with van der Waals surface area (Å²) < 4.78 is 40.3. The van der Waals surface area contributed by atoms with E-state index < -0.39 is 6.36 Å². The number of halogens is 3. The fourth-order valence-corrected chi connectivity index (χ4v) is 3.70. The van der Waals surface area contributed by atoms with Crippen LogP contribution in [-0.2, 0) is 9.59 Å². The summed E-state index contributed by atoms with van der Waals surface area (Å²) in [7, 11) is 0. The minimum absolute atomic E-state index is 0.166. The number of alkyl halides is 3. The van der Waals surface area contributed by atoms with Crippen LogP contribution in [0.1, 0.15) is 25.7 Å². The molecule has 6 nitrogen and oxygen atoms in total. The molecule has 9 heteroatoms. The third-order valence-corrected chi connectivity index (χ3v) is 5.13. The highest BCUT2D eigenvalue weighted by atomic mass is 19.4. The first-order valence-electron chi connectivity index (χ1n) is 9.47. The molecule has 0 unspecified atom stereocenters. The molecular weight excluding hydrogens is 375 g/mol. The van der Waals surface area contributed by atoms with Crippen LogP contribution in [0.15, 0.2) is 24.3 Å². The molecular formula is C19H24F3N3O3. The van der Waals surface area contributed by atoms with E-state index in [1.165, 1.54) is 12.1 Å². The van der Waals surface area contributed by atoms with E-state index >= 15 is 0 Å². The number of piperazine rings is 1. The van der Waals surface area contributed by atoms with E-state index in [2.05, 4.69) is 10.1 Å². The fourth-order valence-electron chi connectivity index (χ4n) is 3.70. The van der Waals surface area contributed by atoms with Gasteiger partial charge in [0.1, 0.15) is 5.75 Å². The third kappa shape index (κ3) is 5.85. The zero-order chi connectivity index (χ0) is 20.1. The van der Waals surface area contributed by atoms with Crippen molar-refractivity contribution in [1.29, 1.82) is 0 Å². The number of benzene rings is 1. The van der Waals surface area contributed by atoms with Crippen molar-refractivity contribution in [2.75, 3.05) is 38.0 Å². The van der Waals surface area contributed by atoms with Gasteiger partial charge in [-0.1, -0.05) is 12.8 Å². The van der Waals surface area contributed by atoms with Gasteiger partial charge < -0.3 is 15.0 Å². The Hall–Kier alpha value is -2.29. The van der Waals surface area contributed by atoms with Crippen LogP contribution < -0.4 is 10.1 Å². The number of ether oxygens (including phenoxy) is 1. The van der Waals surface area contributed by atoms with Crippen molar-refractivity contribution in [3.8, 4) is 5.75 Å². The van der Waals surface area contributed by atoms with E-state index in [0.717, 1.165) is 37.8 Å². The summed E-state index contributed by atoms with van der Waals surface area (Å²) in [6.07, 6.45) is -0.533. The maximum Gasteiger partial charge on any atom is 0.573 e. The van der Waals surface area contributed by atoms with E-state index in [1.807, 2.05) is 9.80 Å².